The van der Waals surface area contributed by atoms with Gasteiger partial charge in [-0.2, -0.15) is 13.2 Å². The molecule has 7 nitrogen and oxygen atoms in total. The van der Waals surface area contributed by atoms with Crippen LogP contribution in [0, 0.1) is 0 Å². The van der Waals surface area contributed by atoms with Crippen molar-refractivity contribution in [3.63, 3.8) is 0 Å². The number of ether oxygens (including phenoxy) is 1. The average Bonchev–Trinajstić information content (AvgIpc) is 2.87. The second-order valence-electron chi connectivity index (χ2n) is 9.43. The summed E-state index contributed by atoms with van der Waals surface area (Å²) in [5, 5.41) is 5.94. The van der Waals surface area contributed by atoms with Crippen molar-refractivity contribution in [2.75, 3.05) is 23.8 Å². The molecule has 37 heavy (non-hydrogen) atoms. The molecule has 3 aromatic rings. The van der Waals surface area contributed by atoms with Gasteiger partial charge in [-0.25, -0.2) is 18.4 Å². The molecule has 0 spiro atoms. The van der Waals surface area contributed by atoms with Gasteiger partial charge in [-0.05, 0) is 73.2 Å². The van der Waals surface area contributed by atoms with E-state index in [0.717, 1.165) is 29.2 Å². The van der Waals surface area contributed by atoms with Gasteiger partial charge in [0.05, 0.1) is 35.0 Å². The highest BCUT2D eigenvalue weighted by atomic mass is 32.2. The molecule has 1 saturated carbocycles. The highest BCUT2D eigenvalue weighted by Gasteiger charge is 2.33. The molecule has 0 atom stereocenters. The van der Waals surface area contributed by atoms with E-state index in [1.54, 1.807) is 18.3 Å². The van der Waals surface area contributed by atoms with Crippen LogP contribution in [0.15, 0.2) is 65.8 Å². The number of sulfone groups is 1. The maximum atomic E-state index is 13.3. The molecule has 0 radical (unpaired) electrons. The molecule has 0 amide bonds. The Labute approximate surface area is 213 Å². The maximum absolute atomic E-state index is 13.3. The Morgan fingerprint density at radius 1 is 0.811 bits per heavy atom. The second kappa shape index (κ2) is 10.3. The van der Waals surface area contributed by atoms with Crippen LogP contribution in [0.5, 0.6) is 0 Å². The third kappa shape index (κ3) is 5.88. The van der Waals surface area contributed by atoms with Gasteiger partial charge in [0.2, 0.25) is 0 Å². The Kier molecular flexibility index (Phi) is 7.09. The normalized spacial score (nSPS) is 20.7. The van der Waals surface area contributed by atoms with E-state index in [2.05, 4.69) is 20.6 Å². The monoisotopic (exact) mass is 532 g/mol. The van der Waals surface area contributed by atoms with Crippen molar-refractivity contribution in [2.24, 2.45) is 0 Å². The van der Waals surface area contributed by atoms with E-state index in [0.29, 0.717) is 44.7 Å². The number of hydrogen-bond acceptors (Lipinski definition) is 7. The number of nitrogens with one attached hydrogen (secondary N) is 2. The number of alkyl halides is 3. The van der Waals surface area contributed by atoms with Crippen molar-refractivity contribution in [1.82, 2.24) is 9.97 Å². The van der Waals surface area contributed by atoms with Gasteiger partial charge in [0, 0.05) is 18.4 Å². The fourth-order valence-electron chi connectivity index (χ4n) is 4.62. The lowest BCUT2D eigenvalue weighted by molar-refractivity contribution is -0.137. The zero-order valence-corrected chi connectivity index (χ0v) is 20.7. The number of hydrogen-bond donors (Lipinski definition) is 2. The summed E-state index contributed by atoms with van der Waals surface area (Å²) < 4.78 is 69.9. The van der Waals surface area contributed by atoms with Crippen molar-refractivity contribution < 1.29 is 26.3 Å². The minimum absolute atomic E-state index is 0.0425. The molecule has 2 aromatic heterocycles. The molecular formula is C26H27F3N4O3S. The van der Waals surface area contributed by atoms with Crippen LogP contribution in [0.25, 0.3) is 11.1 Å². The van der Waals surface area contributed by atoms with E-state index in [1.807, 2.05) is 24.3 Å². The predicted octanol–water partition coefficient (Wildman–Crippen LogP) is 5.17. The molecule has 0 unspecified atom stereocenters. The molecule has 1 aliphatic carbocycles. The molecule has 2 aliphatic rings. The Hall–Kier alpha value is -3.18. The van der Waals surface area contributed by atoms with Crippen LogP contribution in [-0.2, 0) is 20.8 Å². The van der Waals surface area contributed by atoms with Crippen molar-refractivity contribution in [1.29, 1.82) is 0 Å². The second-order valence-corrected chi connectivity index (χ2v) is 11.7. The van der Waals surface area contributed by atoms with Gasteiger partial charge in [-0.1, -0.05) is 12.1 Å². The molecule has 3 heterocycles. The maximum Gasteiger partial charge on any atom is 0.417 e. The Morgan fingerprint density at radius 3 is 2.11 bits per heavy atom. The summed E-state index contributed by atoms with van der Waals surface area (Å²) in [6.07, 6.45) is 0.190. The van der Waals surface area contributed by atoms with Crippen LogP contribution in [0.1, 0.15) is 31.2 Å². The van der Waals surface area contributed by atoms with Crippen molar-refractivity contribution in [3.8, 4) is 11.1 Å². The number of rotatable bonds is 7. The third-order valence-corrected chi connectivity index (χ3v) is 9.10. The molecule has 0 bridgehead atoms. The molecule has 1 aromatic carbocycles. The van der Waals surface area contributed by atoms with Crippen LogP contribution in [-0.4, -0.2) is 48.9 Å². The molecule has 2 fully saturated rings. The van der Waals surface area contributed by atoms with Gasteiger partial charge in [0.15, 0.2) is 9.84 Å². The number of pyridine rings is 2. The van der Waals surface area contributed by atoms with Gasteiger partial charge in [-0.15, -0.1) is 0 Å². The first-order valence-corrected chi connectivity index (χ1v) is 13.7. The van der Waals surface area contributed by atoms with E-state index in [9.17, 15) is 21.6 Å². The quantitative estimate of drug-likeness (QED) is 0.434. The molecular weight excluding hydrogens is 505 g/mol. The first-order valence-electron chi connectivity index (χ1n) is 12.1. The lowest BCUT2D eigenvalue weighted by atomic mass is 9.95. The van der Waals surface area contributed by atoms with E-state index in [1.165, 1.54) is 6.07 Å². The fourth-order valence-corrected chi connectivity index (χ4v) is 6.41. The molecule has 196 valence electrons. The number of benzene rings is 1. The third-order valence-electron chi connectivity index (χ3n) is 6.82. The van der Waals surface area contributed by atoms with Crippen LogP contribution in [0.4, 0.5) is 24.8 Å². The Bertz CT molecular complexity index is 1320. The topological polar surface area (TPSA) is 93.2 Å². The molecule has 1 aliphatic heterocycles. The Balaban J connectivity index is 1.19. The first-order chi connectivity index (χ1) is 17.7. The molecule has 1 saturated heterocycles. The summed E-state index contributed by atoms with van der Waals surface area (Å²) in [5.41, 5.74) is 1.03. The SMILES string of the molecule is O=S(=O)(c1ccc(-c2ccnc(NC3COC3)c2)cc1)C1CCC(Nc2ccc(C(F)(F)F)cn2)CC1. The minimum atomic E-state index is -4.43. The number of aromatic nitrogens is 2. The number of nitrogens with zero attached hydrogens (tertiary/aromatic N) is 2. The van der Waals surface area contributed by atoms with Crippen LogP contribution in [0.2, 0.25) is 0 Å². The number of halogens is 3. The minimum Gasteiger partial charge on any atom is -0.377 e. The highest BCUT2D eigenvalue weighted by Crippen LogP contribution is 2.32. The van der Waals surface area contributed by atoms with Crippen molar-refractivity contribution in [2.45, 2.75) is 54.1 Å². The fraction of sp³-hybridized carbons (Fsp3) is 0.385. The first kappa shape index (κ1) is 25.5. The van der Waals surface area contributed by atoms with Crippen LogP contribution >= 0.6 is 0 Å². The standard InChI is InChI=1S/C26H27F3N4O3S/c27-26(28,29)19-3-10-24(31-14-19)32-20-4-8-23(9-5-20)37(34,35)22-6-1-17(2-7-22)18-11-12-30-25(13-18)33-21-15-36-16-21/h1-3,6-7,10-14,20-21,23H,4-5,8-9,15-16H2,(H,30,33)(H,31,32). The summed E-state index contributed by atoms with van der Waals surface area (Å²) in [6, 6.07) is 13.2. The van der Waals surface area contributed by atoms with Gasteiger partial charge in [0.25, 0.3) is 0 Å². The molecule has 2 N–H and O–H groups in total. The highest BCUT2D eigenvalue weighted by molar-refractivity contribution is 7.92. The van der Waals surface area contributed by atoms with E-state index in [-0.39, 0.29) is 17.0 Å². The smallest absolute Gasteiger partial charge is 0.377 e. The van der Waals surface area contributed by atoms with Crippen molar-refractivity contribution >= 4 is 21.5 Å². The Morgan fingerprint density at radius 2 is 1.51 bits per heavy atom. The van der Waals surface area contributed by atoms with E-state index in [4.69, 9.17) is 4.74 Å². The van der Waals surface area contributed by atoms with Crippen LogP contribution in [0.3, 0.4) is 0 Å². The van der Waals surface area contributed by atoms with Gasteiger partial charge in [0.1, 0.15) is 11.6 Å². The molecule has 11 heteroatoms. The number of anilines is 2. The van der Waals surface area contributed by atoms with E-state index < -0.39 is 26.8 Å². The predicted molar refractivity (Wildman–Crippen MR) is 134 cm³/mol. The lowest BCUT2D eigenvalue weighted by Crippen LogP contribution is -2.40. The summed E-state index contributed by atoms with van der Waals surface area (Å²) >= 11 is 0. The molecule has 5 rings (SSSR count). The zero-order chi connectivity index (χ0) is 26.0. The van der Waals surface area contributed by atoms with Gasteiger partial charge >= 0.3 is 6.18 Å². The summed E-state index contributed by atoms with van der Waals surface area (Å²) in [5.74, 6) is 1.10. The summed E-state index contributed by atoms with van der Waals surface area (Å²) in [4.78, 5) is 8.47. The van der Waals surface area contributed by atoms with Gasteiger partial charge < -0.3 is 15.4 Å². The zero-order valence-electron chi connectivity index (χ0n) is 19.9. The summed E-state index contributed by atoms with van der Waals surface area (Å²) in [7, 11) is -3.51. The van der Waals surface area contributed by atoms with E-state index >= 15 is 0 Å². The van der Waals surface area contributed by atoms with Gasteiger partial charge in [-0.3, -0.25) is 0 Å². The summed E-state index contributed by atoms with van der Waals surface area (Å²) in [6.45, 7) is 1.31. The largest absolute Gasteiger partial charge is 0.417 e. The van der Waals surface area contributed by atoms with Crippen LogP contribution < -0.4 is 10.6 Å². The van der Waals surface area contributed by atoms with Crippen molar-refractivity contribution in [3.05, 3.63) is 66.5 Å². The average molecular weight is 533 g/mol. The lowest BCUT2D eigenvalue weighted by Gasteiger charge is -2.29.